The lowest BCUT2D eigenvalue weighted by molar-refractivity contribution is -0.384. The normalized spacial score (nSPS) is 11.4. The molecule has 0 bridgehead atoms. The van der Waals surface area contributed by atoms with Crippen LogP contribution in [0.25, 0.3) is 0 Å². The zero-order valence-corrected chi connectivity index (χ0v) is 10.7. The van der Waals surface area contributed by atoms with Gasteiger partial charge in [-0.25, -0.2) is 0 Å². The molecule has 0 radical (unpaired) electrons. The van der Waals surface area contributed by atoms with Gasteiger partial charge in [0.25, 0.3) is 5.69 Å². The van der Waals surface area contributed by atoms with Gasteiger partial charge in [0.15, 0.2) is 0 Å². The van der Waals surface area contributed by atoms with Gasteiger partial charge in [-0.1, -0.05) is 11.6 Å². The van der Waals surface area contributed by atoms with Crippen LogP contribution in [-0.4, -0.2) is 22.2 Å². The van der Waals surface area contributed by atoms with Crippen LogP contribution in [0.2, 0.25) is 5.02 Å². The number of rotatable bonds is 4. The lowest BCUT2D eigenvalue weighted by Crippen LogP contribution is -2.29. The number of nitrogens with one attached hydrogen (secondary N) is 1. The van der Waals surface area contributed by atoms with Crippen LogP contribution >= 0.6 is 11.6 Å². The highest BCUT2D eigenvalue weighted by Gasteiger charge is 2.17. The molecule has 0 saturated carbocycles. The van der Waals surface area contributed by atoms with E-state index in [4.69, 9.17) is 11.6 Å². The summed E-state index contributed by atoms with van der Waals surface area (Å²) < 4.78 is 0. The number of hydrogen-bond acceptors (Lipinski definition) is 4. The minimum absolute atomic E-state index is 0.0823. The first-order valence-electron chi connectivity index (χ1n) is 5.11. The molecule has 1 rings (SSSR count). The van der Waals surface area contributed by atoms with Crippen molar-refractivity contribution in [3.8, 4) is 0 Å². The molecule has 17 heavy (non-hydrogen) atoms. The summed E-state index contributed by atoms with van der Waals surface area (Å²) >= 11 is 5.80. The van der Waals surface area contributed by atoms with Crippen LogP contribution in [0.3, 0.4) is 0 Å². The van der Waals surface area contributed by atoms with E-state index in [0.29, 0.717) is 17.8 Å². The van der Waals surface area contributed by atoms with Gasteiger partial charge in [0.2, 0.25) is 0 Å². The number of nitro benzene ring substituents is 1. The predicted molar refractivity (Wildman–Crippen MR) is 67.6 cm³/mol. The van der Waals surface area contributed by atoms with E-state index < -0.39 is 10.5 Å². The lowest BCUT2D eigenvalue weighted by atomic mass is 10.1. The average molecular weight is 259 g/mol. The van der Waals surface area contributed by atoms with Gasteiger partial charge >= 0.3 is 0 Å². The van der Waals surface area contributed by atoms with Crippen molar-refractivity contribution in [2.24, 2.45) is 0 Å². The molecule has 0 aliphatic heterocycles. The maximum absolute atomic E-state index is 10.7. The van der Waals surface area contributed by atoms with E-state index in [9.17, 15) is 15.2 Å². The fraction of sp³-hybridized carbons (Fsp3) is 0.455. The molecule has 2 N–H and O–H groups in total. The van der Waals surface area contributed by atoms with Crippen molar-refractivity contribution in [1.29, 1.82) is 0 Å². The second-order valence-electron chi connectivity index (χ2n) is 4.54. The summed E-state index contributed by atoms with van der Waals surface area (Å²) in [4.78, 5) is 10.1. The Hall–Kier alpha value is -1.33. The largest absolute Gasteiger partial charge is 0.389 e. The first-order valence-corrected chi connectivity index (χ1v) is 5.49. The van der Waals surface area contributed by atoms with E-state index >= 15 is 0 Å². The maximum atomic E-state index is 10.7. The smallest absolute Gasteiger partial charge is 0.288 e. The summed E-state index contributed by atoms with van der Waals surface area (Å²) in [5.74, 6) is 0. The van der Waals surface area contributed by atoms with E-state index in [1.54, 1.807) is 20.8 Å². The van der Waals surface area contributed by atoms with Gasteiger partial charge in [0.1, 0.15) is 5.02 Å². The van der Waals surface area contributed by atoms with Crippen LogP contribution in [0.15, 0.2) is 12.1 Å². The highest BCUT2D eigenvalue weighted by molar-refractivity contribution is 6.33. The minimum Gasteiger partial charge on any atom is -0.389 e. The molecule has 0 unspecified atom stereocenters. The third kappa shape index (κ3) is 3.87. The van der Waals surface area contributed by atoms with E-state index in [-0.39, 0.29) is 10.7 Å². The zero-order valence-electron chi connectivity index (χ0n) is 9.95. The predicted octanol–water partition coefficient (Wildman–Crippen LogP) is 2.74. The molecule has 0 aliphatic rings. The van der Waals surface area contributed by atoms with Crippen LogP contribution in [0, 0.1) is 17.0 Å². The van der Waals surface area contributed by atoms with Gasteiger partial charge < -0.3 is 10.4 Å². The number of aryl methyl sites for hydroxylation is 1. The molecule has 0 saturated heterocycles. The molecule has 0 aromatic heterocycles. The fourth-order valence-corrected chi connectivity index (χ4v) is 1.54. The molecule has 1 aromatic carbocycles. The van der Waals surface area contributed by atoms with Crippen molar-refractivity contribution in [3.63, 3.8) is 0 Å². The Morgan fingerprint density at radius 1 is 1.53 bits per heavy atom. The molecule has 94 valence electrons. The first-order chi connectivity index (χ1) is 7.70. The van der Waals surface area contributed by atoms with Gasteiger partial charge in [0.05, 0.1) is 10.5 Å². The van der Waals surface area contributed by atoms with Gasteiger partial charge in [0, 0.05) is 18.3 Å². The SMILES string of the molecule is Cc1cc([N+](=O)[O-])c(Cl)cc1NCC(C)(C)O. The van der Waals surface area contributed by atoms with Crippen molar-refractivity contribution >= 4 is 23.0 Å². The minimum atomic E-state index is -0.860. The summed E-state index contributed by atoms with van der Waals surface area (Å²) in [6.45, 7) is 5.42. The number of aliphatic hydroxyl groups is 1. The van der Waals surface area contributed by atoms with Crippen molar-refractivity contribution in [2.75, 3.05) is 11.9 Å². The Kier molecular flexibility index (Phi) is 3.95. The topological polar surface area (TPSA) is 75.4 Å². The third-order valence-corrected chi connectivity index (χ3v) is 2.50. The second-order valence-corrected chi connectivity index (χ2v) is 4.95. The fourth-order valence-electron chi connectivity index (χ4n) is 1.31. The molecule has 0 amide bonds. The standard InChI is InChI=1S/C11H15ClN2O3/c1-7-4-10(14(16)17)8(12)5-9(7)13-6-11(2,3)15/h4-5,13,15H,6H2,1-3H3. The molecular formula is C11H15ClN2O3. The second kappa shape index (κ2) is 4.89. The van der Waals surface area contributed by atoms with Gasteiger partial charge in [-0.05, 0) is 32.4 Å². The van der Waals surface area contributed by atoms with Crippen molar-refractivity contribution < 1.29 is 10.0 Å². The molecule has 0 fully saturated rings. The number of anilines is 1. The molecular weight excluding hydrogens is 244 g/mol. The number of nitro groups is 1. The Morgan fingerprint density at radius 3 is 2.59 bits per heavy atom. The van der Waals surface area contributed by atoms with E-state index in [2.05, 4.69) is 5.32 Å². The molecule has 1 aromatic rings. The van der Waals surface area contributed by atoms with Crippen LogP contribution in [-0.2, 0) is 0 Å². The molecule has 6 heteroatoms. The van der Waals surface area contributed by atoms with Gasteiger partial charge in [-0.2, -0.15) is 0 Å². The van der Waals surface area contributed by atoms with Crippen molar-refractivity contribution in [1.82, 2.24) is 0 Å². The molecule has 0 atom stereocenters. The summed E-state index contributed by atoms with van der Waals surface area (Å²) in [6, 6.07) is 2.91. The number of hydrogen-bond donors (Lipinski definition) is 2. The monoisotopic (exact) mass is 258 g/mol. The van der Waals surface area contributed by atoms with Gasteiger partial charge in [-0.3, -0.25) is 10.1 Å². The molecule has 5 nitrogen and oxygen atoms in total. The first kappa shape index (κ1) is 13.7. The average Bonchev–Trinajstić information content (AvgIpc) is 2.17. The highest BCUT2D eigenvalue weighted by atomic mass is 35.5. The number of halogens is 1. The summed E-state index contributed by atoms with van der Waals surface area (Å²) in [5.41, 5.74) is 0.423. The van der Waals surface area contributed by atoms with Crippen LogP contribution in [0.4, 0.5) is 11.4 Å². The summed E-state index contributed by atoms with van der Waals surface area (Å²) in [6.07, 6.45) is 0. The van der Waals surface area contributed by atoms with Crippen LogP contribution in [0.5, 0.6) is 0 Å². The zero-order chi connectivity index (χ0) is 13.2. The Morgan fingerprint density at radius 2 is 2.12 bits per heavy atom. The third-order valence-electron chi connectivity index (χ3n) is 2.20. The van der Waals surface area contributed by atoms with E-state index in [1.165, 1.54) is 12.1 Å². The summed E-state index contributed by atoms with van der Waals surface area (Å²) in [5, 5.41) is 23.3. The van der Waals surface area contributed by atoms with Crippen LogP contribution in [0.1, 0.15) is 19.4 Å². The maximum Gasteiger partial charge on any atom is 0.288 e. The number of benzene rings is 1. The van der Waals surface area contributed by atoms with E-state index in [0.717, 1.165) is 0 Å². The van der Waals surface area contributed by atoms with Crippen molar-refractivity contribution in [3.05, 3.63) is 32.8 Å². The molecule has 0 heterocycles. The molecule has 0 spiro atoms. The summed E-state index contributed by atoms with van der Waals surface area (Å²) in [7, 11) is 0. The molecule has 0 aliphatic carbocycles. The lowest BCUT2D eigenvalue weighted by Gasteiger charge is -2.19. The van der Waals surface area contributed by atoms with Crippen molar-refractivity contribution in [2.45, 2.75) is 26.4 Å². The van der Waals surface area contributed by atoms with E-state index in [1.807, 2.05) is 0 Å². The Balaban J connectivity index is 2.96. The Bertz CT molecular complexity index is 441. The van der Waals surface area contributed by atoms with Gasteiger partial charge in [-0.15, -0.1) is 0 Å². The quantitative estimate of drug-likeness (QED) is 0.643. The number of nitrogens with zero attached hydrogens (tertiary/aromatic N) is 1. The highest BCUT2D eigenvalue weighted by Crippen LogP contribution is 2.30. The Labute approximate surface area is 105 Å². The van der Waals surface area contributed by atoms with Crippen LogP contribution < -0.4 is 5.32 Å².